The maximum absolute atomic E-state index is 12.5. The lowest BCUT2D eigenvalue weighted by molar-refractivity contribution is -0.148. The van der Waals surface area contributed by atoms with E-state index in [2.05, 4.69) is 20.8 Å². The third kappa shape index (κ3) is 3.24. The zero-order valence-corrected chi connectivity index (χ0v) is 15.9. The average Bonchev–Trinajstić information content (AvgIpc) is 2.53. The molecule has 3 rings (SSSR count). The van der Waals surface area contributed by atoms with Crippen molar-refractivity contribution in [3.63, 3.8) is 0 Å². The minimum absolute atomic E-state index is 0.0912. The fourth-order valence-electron chi connectivity index (χ4n) is 4.32. The van der Waals surface area contributed by atoms with Crippen LogP contribution >= 0.6 is 0 Å². The van der Waals surface area contributed by atoms with Gasteiger partial charge in [-0.2, -0.15) is 0 Å². The van der Waals surface area contributed by atoms with Crippen molar-refractivity contribution in [2.75, 3.05) is 13.2 Å². The van der Waals surface area contributed by atoms with Crippen molar-refractivity contribution in [2.24, 2.45) is 11.3 Å². The van der Waals surface area contributed by atoms with Crippen molar-refractivity contribution < 1.29 is 24.2 Å². The molecule has 1 spiro atoms. The third-order valence-corrected chi connectivity index (χ3v) is 5.50. The Kier molecular flexibility index (Phi) is 4.63. The van der Waals surface area contributed by atoms with Gasteiger partial charge in [0.2, 0.25) is 5.91 Å². The highest BCUT2D eigenvalue weighted by Gasteiger charge is 2.54. The molecule has 2 amide bonds. The fraction of sp³-hybridized carbons (Fsp3) is 0.600. The highest BCUT2D eigenvalue weighted by Crippen LogP contribution is 2.50. The van der Waals surface area contributed by atoms with E-state index in [9.17, 15) is 14.7 Å². The molecular weight excluding hydrogens is 334 g/mol. The number of carbonyl (C=O) groups is 2. The van der Waals surface area contributed by atoms with E-state index in [1.165, 1.54) is 0 Å². The van der Waals surface area contributed by atoms with Crippen LogP contribution in [0.2, 0.25) is 0 Å². The fourth-order valence-corrected chi connectivity index (χ4v) is 4.32. The van der Waals surface area contributed by atoms with Crippen LogP contribution in [-0.2, 0) is 11.2 Å². The number of nitrogens with zero attached hydrogens (tertiary/aromatic N) is 1. The number of imide groups is 1. The normalized spacial score (nSPS) is 25.6. The van der Waals surface area contributed by atoms with Gasteiger partial charge in [-0.05, 0) is 42.5 Å². The highest BCUT2D eigenvalue weighted by atomic mass is 16.5. The Morgan fingerprint density at radius 2 is 2.15 bits per heavy atom. The number of fused-ring (bicyclic) bond motifs is 1. The summed E-state index contributed by atoms with van der Waals surface area (Å²) in [5.41, 5.74) is 0.321. The predicted octanol–water partition coefficient (Wildman–Crippen LogP) is 3.72. The molecule has 142 valence electrons. The van der Waals surface area contributed by atoms with Gasteiger partial charge < -0.3 is 14.6 Å². The molecule has 2 unspecified atom stereocenters. The van der Waals surface area contributed by atoms with Gasteiger partial charge in [0.25, 0.3) is 0 Å². The SMILES string of the molecule is CCOc1ccc2c(c1)CC(C(C)(C)C)C1(CCN(C(=O)O)C(=O)C1)O2. The van der Waals surface area contributed by atoms with Crippen molar-refractivity contribution in [3.05, 3.63) is 23.8 Å². The Balaban J connectivity index is 1.97. The summed E-state index contributed by atoms with van der Waals surface area (Å²) in [4.78, 5) is 24.6. The molecule has 1 N–H and O–H groups in total. The number of carboxylic acid groups (broad SMARTS) is 1. The van der Waals surface area contributed by atoms with E-state index < -0.39 is 11.7 Å². The van der Waals surface area contributed by atoms with Gasteiger partial charge in [-0.25, -0.2) is 9.69 Å². The van der Waals surface area contributed by atoms with E-state index in [0.717, 1.165) is 28.4 Å². The number of hydrogen-bond acceptors (Lipinski definition) is 4. The average molecular weight is 361 g/mol. The van der Waals surface area contributed by atoms with Crippen LogP contribution in [0.5, 0.6) is 11.5 Å². The van der Waals surface area contributed by atoms with Crippen molar-refractivity contribution in [1.82, 2.24) is 4.90 Å². The quantitative estimate of drug-likeness (QED) is 0.869. The summed E-state index contributed by atoms with van der Waals surface area (Å²) in [5.74, 6) is 1.30. The van der Waals surface area contributed by atoms with Gasteiger partial charge in [0.05, 0.1) is 13.0 Å². The van der Waals surface area contributed by atoms with E-state index in [1.807, 2.05) is 25.1 Å². The lowest BCUT2D eigenvalue weighted by Crippen LogP contribution is -2.60. The molecular formula is C20H27NO5. The largest absolute Gasteiger partial charge is 0.494 e. The van der Waals surface area contributed by atoms with Gasteiger partial charge in [0.15, 0.2) is 0 Å². The molecule has 0 saturated carbocycles. The van der Waals surface area contributed by atoms with Crippen LogP contribution in [0.1, 0.15) is 46.1 Å². The summed E-state index contributed by atoms with van der Waals surface area (Å²) < 4.78 is 12.0. The molecule has 1 aromatic carbocycles. The number of benzene rings is 1. The van der Waals surface area contributed by atoms with E-state index in [4.69, 9.17) is 9.47 Å². The van der Waals surface area contributed by atoms with Crippen molar-refractivity contribution in [2.45, 2.75) is 52.6 Å². The molecule has 2 atom stereocenters. The number of rotatable bonds is 2. The molecule has 1 saturated heterocycles. The second-order valence-electron chi connectivity index (χ2n) is 8.25. The molecule has 0 aliphatic carbocycles. The zero-order chi connectivity index (χ0) is 19.1. The lowest BCUT2D eigenvalue weighted by Gasteiger charge is -2.52. The number of amides is 2. The van der Waals surface area contributed by atoms with Gasteiger partial charge in [0.1, 0.15) is 17.1 Å². The minimum Gasteiger partial charge on any atom is -0.494 e. The van der Waals surface area contributed by atoms with Crippen molar-refractivity contribution in [1.29, 1.82) is 0 Å². The smallest absolute Gasteiger partial charge is 0.414 e. The topological polar surface area (TPSA) is 76.1 Å². The Labute approximate surface area is 154 Å². The molecule has 6 heteroatoms. The number of ether oxygens (including phenoxy) is 2. The van der Waals surface area contributed by atoms with Gasteiger partial charge in [0, 0.05) is 18.9 Å². The molecule has 0 radical (unpaired) electrons. The van der Waals surface area contributed by atoms with Crippen LogP contribution in [0.25, 0.3) is 0 Å². The number of piperidine rings is 1. The molecule has 1 fully saturated rings. The molecule has 26 heavy (non-hydrogen) atoms. The summed E-state index contributed by atoms with van der Waals surface area (Å²) in [6.07, 6.45) is 0.197. The van der Waals surface area contributed by atoms with Crippen LogP contribution in [0, 0.1) is 11.3 Å². The standard InChI is InChI=1S/C20H27NO5/c1-5-25-14-6-7-15-13(10-14)11-16(19(2,3)4)20(26-15)8-9-21(18(23)24)17(22)12-20/h6-7,10,16H,5,8-9,11-12H2,1-4H3,(H,23,24). The Morgan fingerprint density at radius 3 is 2.73 bits per heavy atom. The minimum atomic E-state index is -1.19. The first-order chi connectivity index (χ1) is 12.2. The monoisotopic (exact) mass is 361 g/mol. The molecule has 2 aliphatic rings. The summed E-state index contributed by atoms with van der Waals surface area (Å²) in [6.45, 7) is 9.17. The summed E-state index contributed by atoms with van der Waals surface area (Å²) in [7, 11) is 0. The second-order valence-corrected chi connectivity index (χ2v) is 8.25. The van der Waals surface area contributed by atoms with E-state index in [0.29, 0.717) is 13.0 Å². The lowest BCUT2D eigenvalue weighted by atomic mass is 9.63. The summed E-state index contributed by atoms with van der Waals surface area (Å²) in [5, 5.41) is 9.21. The van der Waals surface area contributed by atoms with Crippen molar-refractivity contribution in [3.8, 4) is 11.5 Å². The maximum Gasteiger partial charge on any atom is 0.414 e. The third-order valence-electron chi connectivity index (χ3n) is 5.50. The van der Waals surface area contributed by atoms with Gasteiger partial charge >= 0.3 is 6.09 Å². The summed E-state index contributed by atoms with van der Waals surface area (Å²) in [6, 6.07) is 5.79. The van der Waals surface area contributed by atoms with E-state index in [-0.39, 0.29) is 30.2 Å². The van der Waals surface area contributed by atoms with E-state index >= 15 is 0 Å². The molecule has 2 heterocycles. The van der Waals surface area contributed by atoms with Gasteiger partial charge in [-0.1, -0.05) is 20.8 Å². The van der Waals surface area contributed by atoms with Crippen LogP contribution < -0.4 is 9.47 Å². The first-order valence-corrected chi connectivity index (χ1v) is 9.14. The van der Waals surface area contributed by atoms with Crippen LogP contribution in [0.3, 0.4) is 0 Å². The number of hydrogen-bond donors (Lipinski definition) is 1. The second kappa shape index (κ2) is 6.49. The van der Waals surface area contributed by atoms with Crippen LogP contribution in [0.4, 0.5) is 4.79 Å². The molecule has 6 nitrogen and oxygen atoms in total. The number of carbonyl (C=O) groups excluding carboxylic acids is 1. The molecule has 0 aromatic heterocycles. The number of likely N-dealkylation sites (tertiary alicyclic amines) is 1. The van der Waals surface area contributed by atoms with Crippen molar-refractivity contribution >= 4 is 12.0 Å². The first-order valence-electron chi connectivity index (χ1n) is 9.14. The molecule has 0 bridgehead atoms. The Bertz CT molecular complexity index is 723. The zero-order valence-electron chi connectivity index (χ0n) is 15.9. The summed E-state index contributed by atoms with van der Waals surface area (Å²) >= 11 is 0. The first kappa shape index (κ1) is 18.5. The molecule has 1 aromatic rings. The highest BCUT2D eigenvalue weighted by molar-refractivity contribution is 5.92. The van der Waals surface area contributed by atoms with Gasteiger partial charge in [-0.15, -0.1) is 0 Å². The van der Waals surface area contributed by atoms with Crippen LogP contribution in [-0.4, -0.2) is 40.8 Å². The van der Waals surface area contributed by atoms with Crippen LogP contribution in [0.15, 0.2) is 18.2 Å². The molecule has 2 aliphatic heterocycles. The Hall–Kier alpha value is -2.24. The Morgan fingerprint density at radius 1 is 1.42 bits per heavy atom. The maximum atomic E-state index is 12.5. The van der Waals surface area contributed by atoms with E-state index in [1.54, 1.807) is 0 Å². The predicted molar refractivity (Wildman–Crippen MR) is 96.6 cm³/mol. The van der Waals surface area contributed by atoms with Gasteiger partial charge in [-0.3, -0.25) is 4.79 Å².